The van der Waals surface area contributed by atoms with E-state index in [1.54, 1.807) is 18.4 Å². The Labute approximate surface area is 86.5 Å². The molecule has 0 radical (unpaired) electrons. The van der Waals surface area contributed by atoms with Gasteiger partial charge in [0.2, 0.25) is 0 Å². The zero-order valence-corrected chi connectivity index (χ0v) is 9.70. The van der Waals surface area contributed by atoms with Gasteiger partial charge in [0.15, 0.2) is 0 Å². The minimum Gasteiger partial charge on any atom is -0.195 e. The summed E-state index contributed by atoms with van der Waals surface area (Å²) in [4.78, 5) is 0. The van der Waals surface area contributed by atoms with Gasteiger partial charge in [-0.05, 0) is 12.8 Å². The first kappa shape index (κ1) is 13.2. The van der Waals surface area contributed by atoms with E-state index >= 15 is 0 Å². The van der Waals surface area contributed by atoms with E-state index in [1.807, 2.05) is 0 Å². The van der Waals surface area contributed by atoms with Gasteiger partial charge in [-0.2, -0.15) is 17.0 Å². The van der Waals surface area contributed by atoms with Gasteiger partial charge in [-0.25, -0.2) is 0 Å². The maximum Gasteiger partial charge on any atom is 0.281 e. The Kier molecular flexibility index (Phi) is 5.21. The van der Waals surface area contributed by atoms with E-state index in [0.29, 0.717) is 13.1 Å². The third-order valence-corrected chi connectivity index (χ3v) is 4.04. The van der Waals surface area contributed by atoms with Gasteiger partial charge in [-0.15, -0.1) is 12.4 Å². The van der Waals surface area contributed by atoms with Crippen LogP contribution in [0.15, 0.2) is 0 Å². The van der Waals surface area contributed by atoms with E-state index in [1.165, 1.54) is 4.31 Å². The summed E-state index contributed by atoms with van der Waals surface area (Å²) in [6.07, 6.45) is 3.14. The van der Waals surface area contributed by atoms with Crippen LogP contribution in [0.25, 0.3) is 0 Å². The Morgan fingerprint density at radius 2 is 1.54 bits per heavy atom. The first-order chi connectivity index (χ1) is 5.55. The van der Waals surface area contributed by atoms with Crippen molar-refractivity contribution in [3.63, 3.8) is 0 Å². The van der Waals surface area contributed by atoms with Gasteiger partial charge in [0.25, 0.3) is 10.2 Å². The molecular formula is C7H17ClN2O2S. The minimum absolute atomic E-state index is 0. The molecule has 13 heavy (non-hydrogen) atoms. The SMILES string of the molecule is CN(C)S(=O)(=O)N1CCCCC1.Cl. The molecule has 0 atom stereocenters. The average molecular weight is 229 g/mol. The molecule has 0 bridgehead atoms. The van der Waals surface area contributed by atoms with Crippen LogP contribution in [-0.4, -0.2) is 44.2 Å². The van der Waals surface area contributed by atoms with Gasteiger partial charge in [-0.3, -0.25) is 0 Å². The zero-order chi connectivity index (χ0) is 9.19. The fourth-order valence-corrected chi connectivity index (χ4v) is 2.51. The van der Waals surface area contributed by atoms with Crippen LogP contribution in [-0.2, 0) is 10.2 Å². The number of nitrogens with zero attached hydrogens (tertiary/aromatic N) is 2. The van der Waals surface area contributed by atoms with Crippen molar-refractivity contribution in [2.45, 2.75) is 19.3 Å². The molecule has 0 aromatic heterocycles. The molecule has 1 aliphatic rings. The number of hydrogen-bond donors (Lipinski definition) is 0. The number of piperidine rings is 1. The second kappa shape index (κ2) is 5.14. The highest BCUT2D eigenvalue weighted by Gasteiger charge is 2.25. The molecule has 1 fully saturated rings. The summed E-state index contributed by atoms with van der Waals surface area (Å²) in [5.41, 5.74) is 0. The molecule has 1 aliphatic heterocycles. The molecule has 0 unspecified atom stereocenters. The van der Waals surface area contributed by atoms with Gasteiger partial charge in [0.1, 0.15) is 0 Å². The van der Waals surface area contributed by atoms with Gasteiger partial charge >= 0.3 is 0 Å². The second-order valence-corrected chi connectivity index (χ2v) is 5.39. The Bertz CT molecular complexity index is 235. The largest absolute Gasteiger partial charge is 0.281 e. The lowest BCUT2D eigenvalue weighted by Crippen LogP contribution is -2.42. The quantitative estimate of drug-likeness (QED) is 0.698. The van der Waals surface area contributed by atoms with Crippen LogP contribution in [0.1, 0.15) is 19.3 Å². The standard InChI is InChI=1S/C7H16N2O2S.ClH/c1-8(2)12(10,11)9-6-4-3-5-7-9;/h3-7H2,1-2H3;1H. The van der Waals surface area contributed by atoms with Crippen molar-refractivity contribution in [3.8, 4) is 0 Å². The molecule has 0 spiro atoms. The average Bonchev–Trinajstić information content (AvgIpc) is 2.06. The van der Waals surface area contributed by atoms with Crippen LogP contribution >= 0.6 is 12.4 Å². The molecule has 6 heteroatoms. The predicted molar refractivity (Wildman–Crippen MR) is 55.3 cm³/mol. The highest BCUT2D eigenvalue weighted by Crippen LogP contribution is 2.13. The van der Waals surface area contributed by atoms with Crippen molar-refractivity contribution < 1.29 is 8.42 Å². The summed E-state index contributed by atoms with van der Waals surface area (Å²) in [6, 6.07) is 0. The highest BCUT2D eigenvalue weighted by molar-refractivity contribution is 7.86. The Hall–Kier alpha value is 0.160. The van der Waals surface area contributed by atoms with Crippen molar-refractivity contribution in [1.29, 1.82) is 0 Å². The van der Waals surface area contributed by atoms with Crippen LogP contribution in [0.5, 0.6) is 0 Å². The smallest absolute Gasteiger partial charge is 0.195 e. The van der Waals surface area contributed by atoms with Crippen LogP contribution in [0, 0.1) is 0 Å². The second-order valence-electron chi connectivity index (χ2n) is 3.25. The van der Waals surface area contributed by atoms with Gasteiger partial charge in [0.05, 0.1) is 0 Å². The maximum absolute atomic E-state index is 11.5. The Morgan fingerprint density at radius 3 is 1.92 bits per heavy atom. The highest BCUT2D eigenvalue weighted by atomic mass is 35.5. The van der Waals surface area contributed by atoms with Crippen molar-refractivity contribution in [2.24, 2.45) is 0 Å². The van der Waals surface area contributed by atoms with E-state index in [-0.39, 0.29) is 12.4 Å². The lowest BCUT2D eigenvalue weighted by molar-refractivity contribution is 0.324. The summed E-state index contributed by atoms with van der Waals surface area (Å²) < 4.78 is 25.9. The fraction of sp³-hybridized carbons (Fsp3) is 1.00. The minimum atomic E-state index is -3.13. The molecular weight excluding hydrogens is 212 g/mol. The van der Waals surface area contributed by atoms with E-state index < -0.39 is 10.2 Å². The maximum atomic E-state index is 11.5. The summed E-state index contributed by atoms with van der Waals surface area (Å²) in [5.74, 6) is 0. The number of halogens is 1. The van der Waals surface area contributed by atoms with E-state index in [9.17, 15) is 8.42 Å². The lowest BCUT2D eigenvalue weighted by atomic mass is 10.2. The van der Waals surface area contributed by atoms with E-state index in [4.69, 9.17) is 0 Å². The summed E-state index contributed by atoms with van der Waals surface area (Å²) in [6.45, 7) is 1.36. The van der Waals surface area contributed by atoms with Crippen molar-refractivity contribution in [2.75, 3.05) is 27.2 Å². The predicted octanol–water partition coefficient (Wildman–Crippen LogP) is 0.701. The summed E-state index contributed by atoms with van der Waals surface area (Å²) in [5, 5.41) is 0. The first-order valence-electron chi connectivity index (χ1n) is 4.23. The van der Waals surface area contributed by atoms with Crippen molar-refractivity contribution in [1.82, 2.24) is 8.61 Å². The Balaban J connectivity index is 0.00000144. The summed E-state index contributed by atoms with van der Waals surface area (Å²) >= 11 is 0. The van der Waals surface area contributed by atoms with E-state index in [2.05, 4.69) is 0 Å². The van der Waals surface area contributed by atoms with Crippen LogP contribution in [0.2, 0.25) is 0 Å². The van der Waals surface area contributed by atoms with Crippen LogP contribution < -0.4 is 0 Å². The lowest BCUT2D eigenvalue weighted by Gasteiger charge is -2.28. The Morgan fingerprint density at radius 1 is 1.08 bits per heavy atom. The molecule has 0 aromatic carbocycles. The molecule has 4 nitrogen and oxygen atoms in total. The third kappa shape index (κ3) is 3.09. The molecule has 0 N–H and O–H groups in total. The zero-order valence-electron chi connectivity index (χ0n) is 8.06. The van der Waals surface area contributed by atoms with Gasteiger partial charge in [-0.1, -0.05) is 6.42 Å². The van der Waals surface area contributed by atoms with Gasteiger partial charge < -0.3 is 0 Å². The molecule has 1 saturated heterocycles. The molecule has 0 aliphatic carbocycles. The fourth-order valence-electron chi connectivity index (χ4n) is 1.33. The van der Waals surface area contributed by atoms with Crippen LogP contribution in [0.3, 0.4) is 0 Å². The monoisotopic (exact) mass is 228 g/mol. The van der Waals surface area contributed by atoms with Gasteiger partial charge in [0, 0.05) is 27.2 Å². The molecule has 1 heterocycles. The summed E-state index contributed by atoms with van der Waals surface area (Å²) in [7, 11) is 0.0134. The van der Waals surface area contributed by atoms with E-state index in [0.717, 1.165) is 19.3 Å². The first-order valence-corrected chi connectivity index (χ1v) is 5.62. The molecule has 0 amide bonds. The molecule has 0 aromatic rings. The normalized spacial score (nSPS) is 19.9. The molecule has 1 rings (SSSR count). The van der Waals surface area contributed by atoms with Crippen molar-refractivity contribution >= 4 is 22.6 Å². The molecule has 0 saturated carbocycles. The third-order valence-electron chi connectivity index (χ3n) is 2.10. The number of rotatable bonds is 2. The topological polar surface area (TPSA) is 40.6 Å². The van der Waals surface area contributed by atoms with Crippen LogP contribution in [0.4, 0.5) is 0 Å². The number of hydrogen-bond acceptors (Lipinski definition) is 2. The van der Waals surface area contributed by atoms with Crippen molar-refractivity contribution in [3.05, 3.63) is 0 Å². The molecule has 80 valence electrons.